The summed E-state index contributed by atoms with van der Waals surface area (Å²) in [6, 6.07) is 0. The third-order valence-electron chi connectivity index (χ3n) is 2.03. The molecule has 2 aromatic heterocycles. The molecule has 0 aromatic carbocycles. The number of nitrogens with zero attached hydrogens (tertiary/aromatic N) is 4. The van der Waals surface area contributed by atoms with Crippen molar-refractivity contribution in [3.8, 4) is 10.8 Å². The Balaban J connectivity index is 2.31. The first-order valence-electron chi connectivity index (χ1n) is 5.01. The molecule has 0 aliphatic heterocycles. The first kappa shape index (κ1) is 11.5. The predicted molar refractivity (Wildman–Crippen MR) is 61.5 cm³/mol. The predicted octanol–water partition coefficient (Wildman–Crippen LogP) is 2.84. The molecule has 0 aliphatic carbocycles. The zero-order valence-electron chi connectivity index (χ0n) is 8.97. The molecule has 7 heteroatoms. The Morgan fingerprint density at radius 1 is 1.50 bits per heavy atom. The standard InChI is InChI=1S/C9H11ClN4OS/c1-3-4-6-7(16-14-12-6)9-11-8(5(2)10)13-15-9/h5H,3-4H2,1-2H3. The van der Waals surface area contributed by atoms with Crippen LogP contribution in [0.4, 0.5) is 0 Å². The molecule has 0 aliphatic rings. The summed E-state index contributed by atoms with van der Waals surface area (Å²) in [6.45, 7) is 3.89. The van der Waals surface area contributed by atoms with Crippen molar-refractivity contribution in [2.24, 2.45) is 0 Å². The molecule has 1 atom stereocenters. The Bertz CT molecular complexity index is 468. The lowest BCUT2D eigenvalue weighted by Gasteiger charge is -1.92. The fourth-order valence-corrected chi connectivity index (χ4v) is 1.98. The maximum Gasteiger partial charge on any atom is 0.271 e. The Kier molecular flexibility index (Phi) is 3.50. The topological polar surface area (TPSA) is 64.7 Å². The van der Waals surface area contributed by atoms with Crippen molar-refractivity contribution in [2.75, 3.05) is 0 Å². The van der Waals surface area contributed by atoms with Crippen LogP contribution in [0.15, 0.2) is 4.52 Å². The Hall–Kier alpha value is -1.01. The van der Waals surface area contributed by atoms with Crippen LogP contribution in [0.5, 0.6) is 0 Å². The average molecular weight is 259 g/mol. The van der Waals surface area contributed by atoms with E-state index in [1.54, 1.807) is 6.92 Å². The second-order valence-electron chi connectivity index (χ2n) is 3.37. The zero-order chi connectivity index (χ0) is 11.5. The van der Waals surface area contributed by atoms with Crippen molar-refractivity contribution < 1.29 is 4.52 Å². The smallest absolute Gasteiger partial charge is 0.271 e. The van der Waals surface area contributed by atoms with Gasteiger partial charge in [-0.25, -0.2) is 0 Å². The van der Waals surface area contributed by atoms with Crippen LogP contribution < -0.4 is 0 Å². The molecule has 0 N–H and O–H groups in total. The summed E-state index contributed by atoms with van der Waals surface area (Å²) < 4.78 is 9.04. The Morgan fingerprint density at radius 3 is 2.94 bits per heavy atom. The van der Waals surface area contributed by atoms with Crippen LogP contribution in [0.2, 0.25) is 0 Å². The monoisotopic (exact) mass is 258 g/mol. The van der Waals surface area contributed by atoms with Gasteiger partial charge in [0.25, 0.3) is 5.89 Å². The molecule has 2 aromatic rings. The van der Waals surface area contributed by atoms with Gasteiger partial charge in [-0.3, -0.25) is 0 Å². The van der Waals surface area contributed by atoms with Gasteiger partial charge in [0.15, 0.2) is 5.82 Å². The SMILES string of the molecule is CCCc1nnsc1-c1nc(C(C)Cl)no1. The fourth-order valence-electron chi connectivity index (χ4n) is 1.26. The van der Waals surface area contributed by atoms with E-state index in [0.717, 1.165) is 23.4 Å². The van der Waals surface area contributed by atoms with Crippen molar-refractivity contribution in [1.82, 2.24) is 19.7 Å². The number of halogens is 1. The minimum atomic E-state index is -0.256. The van der Waals surface area contributed by atoms with Gasteiger partial charge in [0.05, 0.1) is 11.1 Å². The molecule has 0 saturated carbocycles. The number of rotatable bonds is 4. The molecule has 0 bridgehead atoms. The van der Waals surface area contributed by atoms with E-state index in [1.807, 2.05) is 0 Å². The van der Waals surface area contributed by atoms with Gasteiger partial charge in [0.1, 0.15) is 4.88 Å². The molecule has 0 spiro atoms. The van der Waals surface area contributed by atoms with Gasteiger partial charge in [-0.1, -0.05) is 23.0 Å². The number of alkyl halides is 1. The first-order chi connectivity index (χ1) is 7.72. The van der Waals surface area contributed by atoms with Crippen molar-refractivity contribution in [1.29, 1.82) is 0 Å². The Morgan fingerprint density at radius 2 is 2.31 bits per heavy atom. The molecular formula is C9H11ClN4OS. The Labute approximate surface area is 102 Å². The maximum atomic E-state index is 5.87. The van der Waals surface area contributed by atoms with Crippen LogP contribution in [-0.4, -0.2) is 19.7 Å². The van der Waals surface area contributed by atoms with Gasteiger partial charge in [-0.05, 0) is 24.9 Å². The number of hydrogen-bond donors (Lipinski definition) is 0. The van der Waals surface area contributed by atoms with Crippen molar-refractivity contribution >= 4 is 23.1 Å². The lowest BCUT2D eigenvalue weighted by molar-refractivity contribution is 0.423. The van der Waals surface area contributed by atoms with E-state index >= 15 is 0 Å². The summed E-state index contributed by atoms with van der Waals surface area (Å²) in [5.74, 6) is 0.952. The van der Waals surface area contributed by atoms with Crippen LogP contribution in [-0.2, 0) is 6.42 Å². The third kappa shape index (κ3) is 2.22. The molecule has 86 valence electrons. The molecule has 0 radical (unpaired) electrons. The molecule has 5 nitrogen and oxygen atoms in total. The van der Waals surface area contributed by atoms with Gasteiger partial charge < -0.3 is 4.52 Å². The van der Waals surface area contributed by atoms with Crippen LogP contribution in [0, 0.1) is 0 Å². The molecule has 0 fully saturated rings. The molecule has 2 heterocycles. The minimum absolute atomic E-state index is 0.256. The van der Waals surface area contributed by atoms with E-state index < -0.39 is 0 Å². The molecular weight excluding hydrogens is 248 g/mol. The largest absolute Gasteiger partial charge is 0.333 e. The second-order valence-corrected chi connectivity index (χ2v) is 4.78. The fraction of sp³-hybridized carbons (Fsp3) is 0.556. The molecule has 1 unspecified atom stereocenters. The maximum absolute atomic E-state index is 5.87. The van der Waals surface area contributed by atoms with Crippen LogP contribution >= 0.6 is 23.1 Å². The highest BCUT2D eigenvalue weighted by Crippen LogP contribution is 2.27. The van der Waals surface area contributed by atoms with Crippen LogP contribution in [0.1, 0.15) is 37.2 Å². The summed E-state index contributed by atoms with van der Waals surface area (Å²) in [7, 11) is 0. The third-order valence-corrected chi connectivity index (χ3v) is 2.99. The highest BCUT2D eigenvalue weighted by atomic mass is 35.5. The van der Waals surface area contributed by atoms with Gasteiger partial charge in [0, 0.05) is 0 Å². The summed E-state index contributed by atoms with van der Waals surface area (Å²) in [4.78, 5) is 5.06. The van der Waals surface area contributed by atoms with E-state index in [2.05, 4.69) is 26.7 Å². The van der Waals surface area contributed by atoms with E-state index in [4.69, 9.17) is 16.1 Å². The lowest BCUT2D eigenvalue weighted by atomic mass is 10.2. The summed E-state index contributed by atoms with van der Waals surface area (Å²) in [6.07, 6.45) is 1.87. The summed E-state index contributed by atoms with van der Waals surface area (Å²) in [5, 5.41) is 7.59. The molecule has 16 heavy (non-hydrogen) atoms. The minimum Gasteiger partial charge on any atom is -0.333 e. The number of aryl methyl sites for hydroxylation is 1. The highest BCUT2D eigenvalue weighted by Gasteiger charge is 2.18. The molecule has 0 amide bonds. The van der Waals surface area contributed by atoms with Crippen LogP contribution in [0.25, 0.3) is 10.8 Å². The van der Waals surface area contributed by atoms with E-state index in [-0.39, 0.29) is 5.38 Å². The first-order valence-corrected chi connectivity index (χ1v) is 6.22. The lowest BCUT2D eigenvalue weighted by Crippen LogP contribution is -1.89. The quantitative estimate of drug-likeness (QED) is 0.789. The van der Waals surface area contributed by atoms with E-state index in [9.17, 15) is 0 Å². The van der Waals surface area contributed by atoms with E-state index in [0.29, 0.717) is 11.7 Å². The van der Waals surface area contributed by atoms with Crippen molar-refractivity contribution in [3.63, 3.8) is 0 Å². The number of aromatic nitrogens is 4. The average Bonchev–Trinajstić information content (AvgIpc) is 2.84. The van der Waals surface area contributed by atoms with Gasteiger partial charge in [0.2, 0.25) is 0 Å². The highest BCUT2D eigenvalue weighted by molar-refractivity contribution is 7.09. The second kappa shape index (κ2) is 4.88. The summed E-state index contributed by atoms with van der Waals surface area (Å²) in [5.41, 5.74) is 0.907. The van der Waals surface area contributed by atoms with Gasteiger partial charge >= 0.3 is 0 Å². The molecule has 0 saturated heterocycles. The summed E-state index contributed by atoms with van der Waals surface area (Å²) >= 11 is 7.13. The van der Waals surface area contributed by atoms with E-state index in [1.165, 1.54) is 11.5 Å². The van der Waals surface area contributed by atoms with Gasteiger partial charge in [-0.15, -0.1) is 16.7 Å². The zero-order valence-corrected chi connectivity index (χ0v) is 10.5. The molecule has 2 rings (SSSR count). The van der Waals surface area contributed by atoms with Crippen LogP contribution in [0.3, 0.4) is 0 Å². The van der Waals surface area contributed by atoms with Crippen molar-refractivity contribution in [3.05, 3.63) is 11.5 Å². The van der Waals surface area contributed by atoms with Crippen molar-refractivity contribution in [2.45, 2.75) is 32.1 Å². The number of hydrogen-bond acceptors (Lipinski definition) is 6. The normalized spacial score (nSPS) is 12.9. The van der Waals surface area contributed by atoms with Gasteiger partial charge in [-0.2, -0.15) is 4.98 Å².